The zero-order chi connectivity index (χ0) is 10.7. The van der Waals surface area contributed by atoms with Gasteiger partial charge in [-0.25, -0.2) is 10.4 Å². The second-order valence-corrected chi connectivity index (χ2v) is 3.66. The van der Waals surface area contributed by atoms with Gasteiger partial charge in [-0.05, 0) is 18.4 Å². The van der Waals surface area contributed by atoms with Crippen LogP contribution in [0.25, 0.3) is 0 Å². The molecule has 1 aliphatic heterocycles. The quantitative estimate of drug-likeness (QED) is 0.564. The maximum Gasteiger partial charge on any atom is 0.131 e. The maximum absolute atomic E-state index is 5.56. The van der Waals surface area contributed by atoms with Crippen LogP contribution in [0.15, 0.2) is 24.2 Å². The molecule has 0 amide bonds. The van der Waals surface area contributed by atoms with Crippen molar-refractivity contribution in [3.63, 3.8) is 0 Å². The van der Waals surface area contributed by atoms with Crippen LogP contribution in [0, 0.1) is 0 Å². The molecule has 0 aliphatic carbocycles. The van der Waals surface area contributed by atoms with Gasteiger partial charge in [-0.3, -0.25) is 5.84 Å². The van der Waals surface area contributed by atoms with Crippen molar-refractivity contribution in [3.05, 3.63) is 30.1 Å². The highest BCUT2D eigenvalue weighted by molar-refractivity contribution is 5.17. The molecule has 3 N–H and O–H groups in total. The first-order valence-corrected chi connectivity index (χ1v) is 5.07. The molecule has 0 fully saturated rings. The molecule has 1 aliphatic rings. The lowest BCUT2D eigenvalue weighted by atomic mass is 10.0. The third-order valence-electron chi connectivity index (χ3n) is 2.62. The van der Waals surface area contributed by atoms with Crippen molar-refractivity contribution in [2.75, 3.05) is 6.61 Å². The van der Waals surface area contributed by atoms with E-state index in [2.05, 4.69) is 10.4 Å². The molecule has 1 aromatic heterocycles. The van der Waals surface area contributed by atoms with E-state index in [0.717, 1.165) is 30.8 Å². The van der Waals surface area contributed by atoms with Crippen molar-refractivity contribution in [2.24, 2.45) is 12.9 Å². The van der Waals surface area contributed by atoms with Crippen LogP contribution in [0.2, 0.25) is 0 Å². The standard InChI is InChI=1S/C10H16N4O/c1-14-5-4-12-10(14)9(13-11)8-3-2-6-15-7-8/h4-5,7,9,13H,2-3,6,11H2,1H3. The summed E-state index contributed by atoms with van der Waals surface area (Å²) in [7, 11) is 1.96. The number of nitrogens with two attached hydrogens (primary N) is 1. The fourth-order valence-corrected chi connectivity index (χ4v) is 1.80. The molecule has 0 spiro atoms. The van der Waals surface area contributed by atoms with Crippen molar-refractivity contribution < 1.29 is 4.74 Å². The molecule has 82 valence electrons. The Morgan fingerprint density at radius 3 is 3.07 bits per heavy atom. The van der Waals surface area contributed by atoms with Crippen LogP contribution >= 0.6 is 0 Å². The van der Waals surface area contributed by atoms with E-state index < -0.39 is 0 Å². The number of rotatable bonds is 3. The summed E-state index contributed by atoms with van der Waals surface area (Å²) in [6.45, 7) is 0.793. The monoisotopic (exact) mass is 208 g/mol. The van der Waals surface area contributed by atoms with E-state index in [1.807, 2.05) is 17.8 Å². The molecule has 0 aromatic carbocycles. The van der Waals surface area contributed by atoms with E-state index in [9.17, 15) is 0 Å². The Balaban J connectivity index is 2.24. The second-order valence-electron chi connectivity index (χ2n) is 3.66. The first-order valence-electron chi connectivity index (χ1n) is 5.07. The van der Waals surface area contributed by atoms with Gasteiger partial charge in [-0.1, -0.05) is 0 Å². The summed E-state index contributed by atoms with van der Waals surface area (Å²) >= 11 is 0. The molecule has 0 saturated carbocycles. The summed E-state index contributed by atoms with van der Waals surface area (Å²) in [5, 5.41) is 0. The van der Waals surface area contributed by atoms with Crippen LogP contribution in [-0.2, 0) is 11.8 Å². The Morgan fingerprint density at radius 2 is 2.53 bits per heavy atom. The highest BCUT2D eigenvalue weighted by Gasteiger charge is 2.20. The van der Waals surface area contributed by atoms with Crippen molar-refractivity contribution in [3.8, 4) is 0 Å². The molecule has 2 heterocycles. The smallest absolute Gasteiger partial charge is 0.131 e. The molecule has 1 unspecified atom stereocenters. The highest BCUT2D eigenvalue weighted by atomic mass is 16.5. The second kappa shape index (κ2) is 4.46. The van der Waals surface area contributed by atoms with Gasteiger partial charge in [-0.2, -0.15) is 0 Å². The molecule has 5 nitrogen and oxygen atoms in total. The van der Waals surface area contributed by atoms with Gasteiger partial charge in [0.1, 0.15) is 11.9 Å². The van der Waals surface area contributed by atoms with E-state index in [1.54, 1.807) is 12.5 Å². The number of hydrazine groups is 1. The largest absolute Gasteiger partial charge is 0.501 e. The fourth-order valence-electron chi connectivity index (χ4n) is 1.80. The van der Waals surface area contributed by atoms with Gasteiger partial charge in [-0.15, -0.1) is 0 Å². The number of hydrogen-bond donors (Lipinski definition) is 2. The van der Waals surface area contributed by atoms with Gasteiger partial charge in [0.2, 0.25) is 0 Å². The summed E-state index contributed by atoms with van der Waals surface area (Å²) in [6, 6.07) is -0.0506. The third-order valence-corrected chi connectivity index (χ3v) is 2.62. The van der Waals surface area contributed by atoms with Gasteiger partial charge in [0.05, 0.1) is 12.9 Å². The Kier molecular flexibility index (Phi) is 3.03. The molecule has 0 radical (unpaired) electrons. The SMILES string of the molecule is Cn1ccnc1C(NN)C1=COCCC1. The molecular weight excluding hydrogens is 192 g/mol. The summed E-state index contributed by atoms with van der Waals surface area (Å²) in [6.07, 6.45) is 7.51. The van der Waals surface area contributed by atoms with E-state index in [-0.39, 0.29) is 6.04 Å². The average Bonchev–Trinajstić information content (AvgIpc) is 2.68. The number of hydrogen-bond acceptors (Lipinski definition) is 4. The van der Waals surface area contributed by atoms with Gasteiger partial charge in [0.15, 0.2) is 0 Å². The first-order chi connectivity index (χ1) is 7.33. The van der Waals surface area contributed by atoms with Crippen LogP contribution in [-0.4, -0.2) is 16.2 Å². The Labute approximate surface area is 88.9 Å². The summed E-state index contributed by atoms with van der Waals surface area (Å²) in [5.74, 6) is 6.48. The number of aromatic nitrogens is 2. The van der Waals surface area contributed by atoms with Gasteiger partial charge >= 0.3 is 0 Å². The van der Waals surface area contributed by atoms with Gasteiger partial charge in [0.25, 0.3) is 0 Å². The predicted octanol–water partition coefficient (Wildman–Crippen LogP) is 0.619. The van der Waals surface area contributed by atoms with Crippen LogP contribution in [0.1, 0.15) is 24.7 Å². The van der Waals surface area contributed by atoms with E-state index in [1.165, 1.54) is 0 Å². The van der Waals surface area contributed by atoms with Crippen molar-refractivity contribution >= 4 is 0 Å². The number of ether oxygens (including phenoxy) is 1. The van der Waals surface area contributed by atoms with Crippen molar-refractivity contribution in [1.29, 1.82) is 0 Å². The molecule has 1 atom stereocenters. The summed E-state index contributed by atoms with van der Waals surface area (Å²) in [4.78, 5) is 4.29. The topological polar surface area (TPSA) is 65.1 Å². The van der Waals surface area contributed by atoms with Crippen LogP contribution in [0.4, 0.5) is 0 Å². The Morgan fingerprint density at radius 1 is 1.67 bits per heavy atom. The number of nitrogens with one attached hydrogen (secondary N) is 1. The fraction of sp³-hybridized carbons (Fsp3) is 0.500. The molecule has 0 bridgehead atoms. The Bertz CT molecular complexity index is 358. The minimum absolute atomic E-state index is 0.0506. The van der Waals surface area contributed by atoms with Crippen molar-refractivity contribution in [2.45, 2.75) is 18.9 Å². The molecule has 0 saturated heterocycles. The number of imidazole rings is 1. The van der Waals surface area contributed by atoms with E-state index in [4.69, 9.17) is 10.6 Å². The maximum atomic E-state index is 5.56. The molecule has 15 heavy (non-hydrogen) atoms. The Hall–Kier alpha value is -1.33. The summed E-state index contributed by atoms with van der Waals surface area (Å²) in [5.41, 5.74) is 3.93. The van der Waals surface area contributed by atoms with Crippen LogP contribution < -0.4 is 11.3 Å². The first kappa shape index (κ1) is 10.2. The van der Waals surface area contributed by atoms with E-state index >= 15 is 0 Å². The van der Waals surface area contributed by atoms with Gasteiger partial charge in [0, 0.05) is 19.4 Å². The number of nitrogens with zero attached hydrogens (tertiary/aromatic N) is 2. The highest BCUT2D eigenvalue weighted by Crippen LogP contribution is 2.25. The van der Waals surface area contributed by atoms with E-state index in [0.29, 0.717) is 0 Å². The molecule has 2 rings (SSSR count). The zero-order valence-corrected chi connectivity index (χ0v) is 8.81. The number of aryl methyl sites for hydroxylation is 1. The minimum atomic E-state index is -0.0506. The normalized spacial score (nSPS) is 18.1. The van der Waals surface area contributed by atoms with Crippen molar-refractivity contribution in [1.82, 2.24) is 15.0 Å². The third kappa shape index (κ3) is 2.03. The molecular formula is C10H16N4O. The lowest BCUT2D eigenvalue weighted by Gasteiger charge is -2.22. The predicted molar refractivity (Wildman–Crippen MR) is 56.5 cm³/mol. The molecule has 1 aromatic rings. The minimum Gasteiger partial charge on any atom is -0.501 e. The lowest BCUT2D eigenvalue weighted by molar-refractivity contribution is 0.218. The van der Waals surface area contributed by atoms with Gasteiger partial charge < -0.3 is 9.30 Å². The zero-order valence-electron chi connectivity index (χ0n) is 8.81. The molecule has 5 heteroatoms. The van der Waals surface area contributed by atoms with Crippen LogP contribution in [0.5, 0.6) is 0 Å². The van der Waals surface area contributed by atoms with Crippen LogP contribution in [0.3, 0.4) is 0 Å². The average molecular weight is 208 g/mol. The lowest BCUT2D eigenvalue weighted by Crippen LogP contribution is -2.32. The summed E-state index contributed by atoms with van der Waals surface area (Å²) < 4.78 is 7.27.